The molecule has 1 aliphatic heterocycles. The highest BCUT2D eigenvalue weighted by atomic mass is 35.5. The summed E-state index contributed by atoms with van der Waals surface area (Å²) in [5.41, 5.74) is 2.00. The van der Waals surface area contributed by atoms with Crippen molar-refractivity contribution in [3.05, 3.63) is 28.8 Å². The van der Waals surface area contributed by atoms with Crippen LogP contribution in [0.4, 0.5) is 5.69 Å². The first-order chi connectivity index (χ1) is 10.6. The van der Waals surface area contributed by atoms with Crippen molar-refractivity contribution in [2.75, 3.05) is 31.5 Å². The van der Waals surface area contributed by atoms with E-state index >= 15 is 0 Å². The second-order valence-corrected chi connectivity index (χ2v) is 6.77. The predicted molar refractivity (Wildman–Crippen MR) is 99.9 cm³/mol. The molecule has 0 spiro atoms. The summed E-state index contributed by atoms with van der Waals surface area (Å²) in [5.74, 6) is 0. The molecular weight excluding hydrogens is 314 g/mol. The number of hydrogen-bond donors (Lipinski definition) is 2. The number of rotatable bonds is 5. The zero-order valence-electron chi connectivity index (χ0n) is 13.3. The van der Waals surface area contributed by atoms with Gasteiger partial charge in [0.2, 0.25) is 0 Å². The number of benzene rings is 1. The maximum Gasteiger partial charge on any atom is 0.170 e. The molecule has 0 bridgehead atoms. The van der Waals surface area contributed by atoms with Crippen molar-refractivity contribution in [3.63, 3.8) is 0 Å². The molecule has 0 aliphatic carbocycles. The van der Waals surface area contributed by atoms with Gasteiger partial charge in [-0.15, -0.1) is 0 Å². The van der Waals surface area contributed by atoms with Gasteiger partial charge in [0, 0.05) is 17.3 Å². The molecule has 1 saturated heterocycles. The normalized spacial score (nSPS) is 16.1. The molecule has 0 saturated carbocycles. The van der Waals surface area contributed by atoms with Gasteiger partial charge in [-0.2, -0.15) is 0 Å². The summed E-state index contributed by atoms with van der Waals surface area (Å²) in [5, 5.41) is 7.87. The maximum absolute atomic E-state index is 6.11. The summed E-state index contributed by atoms with van der Waals surface area (Å²) in [6.45, 7) is 6.56. The van der Waals surface area contributed by atoms with Crippen LogP contribution < -0.4 is 10.6 Å². The van der Waals surface area contributed by atoms with Gasteiger partial charge in [-0.1, -0.05) is 30.5 Å². The Labute approximate surface area is 144 Å². The highest BCUT2D eigenvalue weighted by Crippen LogP contribution is 2.19. The third-order valence-corrected chi connectivity index (χ3v) is 4.72. The van der Waals surface area contributed by atoms with E-state index in [4.69, 9.17) is 23.8 Å². The van der Waals surface area contributed by atoms with Gasteiger partial charge in [0.25, 0.3) is 0 Å². The lowest BCUT2D eigenvalue weighted by Gasteiger charge is -2.19. The Morgan fingerprint density at radius 2 is 1.95 bits per heavy atom. The van der Waals surface area contributed by atoms with E-state index in [1.165, 1.54) is 38.8 Å². The summed E-state index contributed by atoms with van der Waals surface area (Å²) >= 11 is 11.4. The highest BCUT2D eigenvalue weighted by molar-refractivity contribution is 7.80. The lowest BCUT2D eigenvalue weighted by molar-refractivity contribution is 0.282. The summed E-state index contributed by atoms with van der Waals surface area (Å²) in [7, 11) is 0. The van der Waals surface area contributed by atoms with Gasteiger partial charge in [-0.05, 0) is 75.7 Å². The third-order valence-electron chi connectivity index (χ3n) is 4.07. The minimum absolute atomic E-state index is 0.663. The lowest BCUT2D eigenvalue weighted by atomic mass is 10.2. The van der Waals surface area contributed by atoms with Crippen LogP contribution in [0.2, 0.25) is 5.02 Å². The smallest absolute Gasteiger partial charge is 0.170 e. The summed E-state index contributed by atoms with van der Waals surface area (Å²) in [6.07, 6.45) is 6.60. The molecule has 0 aromatic heterocycles. The van der Waals surface area contributed by atoms with Gasteiger partial charge >= 0.3 is 0 Å². The molecule has 122 valence electrons. The number of aryl methyl sites for hydroxylation is 1. The fraction of sp³-hybridized carbons (Fsp3) is 0.588. The number of anilines is 1. The van der Waals surface area contributed by atoms with Crippen molar-refractivity contribution in [3.8, 4) is 0 Å². The van der Waals surface area contributed by atoms with Gasteiger partial charge in [-0.25, -0.2) is 0 Å². The molecule has 5 heteroatoms. The van der Waals surface area contributed by atoms with Crippen LogP contribution in [0.1, 0.15) is 37.7 Å². The monoisotopic (exact) mass is 339 g/mol. The molecule has 1 aromatic carbocycles. The molecule has 1 fully saturated rings. The molecule has 1 heterocycles. The molecule has 0 atom stereocenters. The second-order valence-electron chi connectivity index (χ2n) is 5.95. The fourth-order valence-corrected chi connectivity index (χ4v) is 3.11. The van der Waals surface area contributed by atoms with Crippen molar-refractivity contribution in [1.29, 1.82) is 0 Å². The van der Waals surface area contributed by atoms with Crippen LogP contribution in [0.25, 0.3) is 0 Å². The van der Waals surface area contributed by atoms with Crippen molar-refractivity contribution in [2.45, 2.75) is 39.0 Å². The number of nitrogens with zero attached hydrogens (tertiary/aromatic N) is 1. The number of hydrogen-bond acceptors (Lipinski definition) is 2. The Balaban J connectivity index is 1.63. The second kappa shape index (κ2) is 9.33. The van der Waals surface area contributed by atoms with Gasteiger partial charge in [0.15, 0.2) is 5.11 Å². The largest absolute Gasteiger partial charge is 0.362 e. The van der Waals surface area contributed by atoms with E-state index in [1.807, 2.05) is 25.1 Å². The van der Waals surface area contributed by atoms with Gasteiger partial charge in [0.05, 0.1) is 0 Å². The zero-order valence-corrected chi connectivity index (χ0v) is 14.9. The molecule has 0 unspecified atom stereocenters. The highest BCUT2D eigenvalue weighted by Gasteiger charge is 2.08. The number of halogens is 1. The van der Waals surface area contributed by atoms with Crippen LogP contribution in [0.3, 0.4) is 0 Å². The minimum atomic E-state index is 0.663. The third kappa shape index (κ3) is 6.11. The average Bonchev–Trinajstić information content (AvgIpc) is 2.76. The Morgan fingerprint density at radius 1 is 1.23 bits per heavy atom. The SMILES string of the molecule is Cc1ccc(NC(=S)NCCCN2CCCCCC2)cc1Cl. The van der Waals surface area contributed by atoms with E-state index in [2.05, 4.69) is 15.5 Å². The van der Waals surface area contributed by atoms with E-state index in [1.54, 1.807) is 0 Å². The minimum Gasteiger partial charge on any atom is -0.362 e. The standard InChI is InChI=1S/C17H26ClN3S/c1-14-7-8-15(13-16(14)18)20-17(22)19-9-6-12-21-10-4-2-3-5-11-21/h7-8,13H,2-6,9-12H2,1H3,(H2,19,20,22). The quantitative estimate of drug-likeness (QED) is 0.621. The number of thiocarbonyl (C=S) groups is 1. The van der Waals surface area contributed by atoms with E-state index < -0.39 is 0 Å². The Kier molecular flexibility index (Phi) is 7.43. The molecule has 0 radical (unpaired) electrons. The van der Waals surface area contributed by atoms with Crippen LogP contribution in [0, 0.1) is 6.92 Å². The maximum atomic E-state index is 6.11. The molecule has 2 rings (SSSR count). The molecule has 2 N–H and O–H groups in total. The van der Waals surface area contributed by atoms with Crippen molar-refractivity contribution in [2.24, 2.45) is 0 Å². The fourth-order valence-electron chi connectivity index (χ4n) is 2.71. The lowest BCUT2D eigenvalue weighted by Crippen LogP contribution is -2.32. The number of nitrogens with one attached hydrogen (secondary N) is 2. The van der Waals surface area contributed by atoms with Gasteiger partial charge < -0.3 is 15.5 Å². The zero-order chi connectivity index (χ0) is 15.8. The van der Waals surface area contributed by atoms with Gasteiger partial charge in [-0.3, -0.25) is 0 Å². The molecule has 3 nitrogen and oxygen atoms in total. The molecule has 1 aliphatic rings. The van der Waals surface area contributed by atoms with Crippen LogP contribution in [0.15, 0.2) is 18.2 Å². The van der Waals surface area contributed by atoms with Crippen molar-refractivity contribution < 1.29 is 0 Å². The van der Waals surface area contributed by atoms with Crippen LogP contribution in [-0.2, 0) is 0 Å². The van der Waals surface area contributed by atoms with Crippen LogP contribution in [-0.4, -0.2) is 36.2 Å². The molecule has 1 aromatic rings. The molecule has 22 heavy (non-hydrogen) atoms. The Morgan fingerprint density at radius 3 is 2.64 bits per heavy atom. The van der Waals surface area contributed by atoms with Crippen LogP contribution in [0.5, 0.6) is 0 Å². The number of likely N-dealkylation sites (tertiary alicyclic amines) is 1. The van der Waals surface area contributed by atoms with E-state index in [-0.39, 0.29) is 0 Å². The summed E-state index contributed by atoms with van der Waals surface area (Å²) in [6, 6.07) is 5.89. The summed E-state index contributed by atoms with van der Waals surface area (Å²) < 4.78 is 0. The molecular formula is C17H26ClN3S. The Hall–Kier alpha value is -0.840. The van der Waals surface area contributed by atoms with E-state index in [0.29, 0.717) is 5.11 Å². The Bertz CT molecular complexity index is 485. The predicted octanol–water partition coefficient (Wildman–Crippen LogP) is 4.20. The van der Waals surface area contributed by atoms with Crippen molar-refractivity contribution in [1.82, 2.24) is 10.2 Å². The summed E-state index contributed by atoms with van der Waals surface area (Å²) in [4.78, 5) is 2.57. The van der Waals surface area contributed by atoms with Gasteiger partial charge in [0.1, 0.15) is 0 Å². The van der Waals surface area contributed by atoms with E-state index in [0.717, 1.165) is 35.8 Å². The first-order valence-corrected chi connectivity index (χ1v) is 8.97. The first kappa shape index (κ1) is 17.5. The van der Waals surface area contributed by atoms with Crippen LogP contribution >= 0.6 is 23.8 Å². The molecule has 0 amide bonds. The average molecular weight is 340 g/mol. The van der Waals surface area contributed by atoms with E-state index in [9.17, 15) is 0 Å². The topological polar surface area (TPSA) is 27.3 Å². The van der Waals surface area contributed by atoms with Crippen molar-refractivity contribution >= 4 is 34.6 Å². The first-order valence-electron chi connectivity index (χ1n) is 8.18.